The fourth-order valence-electron chi connectivity index (χ4n) is 2.92. The maximum Gasteiger partial charge on any atom is 0.272 e. The average molecular weight is 330 g/mol. The molecular formula is C19H30N4O. The van der Waals surface area contributed by atoms with Crippen LogP contribution in [0.4, 0.5) is 5.95 Å². The van der Waals surface area contributed by atoms with E-state index in [1.54, 1.807) is 11.0 Å². The first-order chi connectivity index (χ1) is 11.6. The Labute approximate surface area is 145 Å². The van der Waals surface area contributed by atoms with Crippen molar-refractivity contribution in [3.63, 3.8) is 0 Å². The lowest BCUT2D eigenvalue weighted by molar-refractivity contribution is 0.0787. The Kier molecular flexibility index (Phi) is 7.22. The normalized spacial score (nSPS) is 14.2. The minimum Gasteiger partial charge on any atom is -0.354 e. The molecule has 0 radical (unpaired) electrons. The molecule has 0 saturated carbocycles. The second-order valence-corrected chi connectivity index (χ2v) is 6.58. The first-order valence-corrected chi connectivity index (χ1v) is 9.13. The third-order valence-electron chi connectivity index (χ3n) is 4.38. The lowest BCUT2D eigenvalue weighted by atomic mass is 9.97. The summed E-state index contributed by atoms with van der Waals surface area (Å²) in [5.74, 6) is 0.519. The monoisotopic (exact) mass is 330 g/mol. The van der Waals surface area contributed by atoms with Crippen LogP contribution < -0.4 is 5.32 Å². The minimum absolute atomic E-state index is 0.0352. The summed E-state index contributed by atoms with van der Waals surface area (Å²) in [7, 11) is 1.83. The van der Waals surface area contributed by atoms with Crippen LogP contribution in [-0.4, -0.2) is 40.9 Å². The van der Waals surface area contributed by atoms with Crippen molar-refractivity contribution in [2.75, 3.05) is 25.5 Å². The van der Waals surface area contributed by atoms with Crippen LogP contribution in [0.1, 0.15) is 68.1 Å². The molecular weight excluding hydrogens is 300 g/mol. The maximum absolute atomic E-state index is 12.5. The molecule has 1 aromatic rings. The third-order valence-corrected chi connectivity index (χ3v) is 4.38. The predicted octanol–water partition coefficient (Wildman–Crippen LogP) is 3.96. The van der Waals surface area contributed by atoms with Crippen LogP contribution in [0, 0.1) is 6.92 Å². The average Bonchev–Trinajstić information content (AvgIpc) is 2.59. The van der Waals surface area contributed by atoms with Crippen molar-refractivity contribution < 1.29 is 4.79 Å². The number of amides is 1. The molecule has 24 heavy (non-hydrogen) atoms. The van der Waals surface area contributed by atoms with Crippen LogP contribution >= 0.6 is 0 Å². The summed E-state index contributed by atoms with van der Waals surface area (Å²) in [5, 5.41) is 3.28. The smallest absolute Gasteiger partial charge is 0.272 e. The van der Waals surface area contributed by atoms with Gasteiger partial charge in [0.25, 0.3) is 5.91 Å². The molecule has 0 saturated heterocycles. The topological polar surface area (TPSA) is 58.1 Å². The van der Waals surface area contributed by atoms with Crippen LogP contribution in [0.2, 0.25) is 0 Å². The molecule has 0 spiro atoms. The van der Waals surface area contributed by atoms with Gasteiger partial charge < -0.3 is 10.2 Å². The highest BCUT2D eigenvalue weighted by Crippen LogP contribution is 2.20. The van der Waals surface area contributed by atoms with Gasteiger partial charge in [-0.25, -0.2) is 9.97 Å². The minimum atomic E-state index is -0.0352. The van der Waals surface area contributed by atoms with E-state index in [1.165, 1.54) is 31.3 Å². The molecule has 0 atom stereocenters. The van der Waals surface area contributed by atoms with Gasteiger partial charge in [-0.2, -0.15) is 0 Å². The van der Waals surface area contributed by atoms with Crippen molar-refractivity contribution in [3.05, 3.63) is 29.1 Å². The van der Waals surface area contributed by atoms with Crippen LogP contribution in [0.5, 0.6) is 0 Å². The Morgan fingerprint density at radius 3 is 2.88 bits per heavy atom. The van der Waals surface area contributed by atoms with Crippen molar-refractivity contribution in [3.8, 4) is 0 Å². The van der Waals surface area contributed by atoms with Crippen LogP contribution in [0.15, 0.2) is 17.7 Å². The van der Waals surface area contributed by atoms with Gasteiger partial charge >= 0.3 is 0 Å². The van der Waals surface area contributed by atoms with Crippen LogP contribution in [-0.2, 0) is 0 Å². The first kappa shape index (κ1) is 18.4. The fraction of sp³-hybridized carbons (Fsp3) is 0.632. The molecule has 1 heterocycles. The Morgan fingerprint density at radius 2 is 2.17 bits per heavy atom. The predicted molar refractivity (Wildman–Crippen MR) is 98.3 cm³/mol. The van der Waals surface area contributed by atoms with E-state index in [9.17, 15) is 4.79 Å². The standard InChI is InChI=1S/C19H30N4O/c1-4-5-13-23(3)18(24)17-14-15(2)21-19(22-17)20-12-11-16-9-7-6-8-10-16/h9,14H,4-8,10-13H2,1-3H3,(H,20,21,22). The number of hydrogen-bond donors (Lipinski definition) is 1. The molecule has 0 aromatic carbocycles. The number of anilines is 1. The highest BCUT2D eigenvalue weighted by molar-refractivity contribution is 5.92. The van der Waals surface area contributed by atoms with E-state index in [-0.39, 0.29) is 5.91 Å². The molecule has 0 fully saturated rings. The van der Waals surface area contributed by atoms with Gasteiger partial charge in [0.15, 0.2) is 0 Å². The number of unbranched alkanes of at least 4 members (excludes halogenated alkanes) is 1. The van der Waals surface area contributed by atoms with Gasteiger partial charge in [-0.05, 0) is 51.5 Å². The number of aryl methyl sites for hydroxylation is 1. The summed E-state index contributed by atoms with van der Waals surface area (Å²) in [6, 6.07) is 1.76. The highest BCUT2D eigenvalue weighted by Gasteiger charge is 2.15. The van der Waals surface area contributed by atoms with Gasteiger partial charge in [-0.15, -0.1) is 0 Å². The number of aromatic nitrogens is 2. The fourth-order valence-corrected chi connectivity index (χ4v) is 2.92. The Balaban J connectivity index is 1.94. The maximum atomic E-state index is 12.5. The van der Waals surface area contributed by atoms with Gasteiger partial charge in [0.1, 0.15) is 5.69 Å². The van der Waals surface area contributed by atoms with Gasteiger partial charge in [0.2, 0.25) is 5.95 Å². The van der Waals surface area contributed by atoms with Gasteiger partial charge in [0.05, 0.1) is 0 Å². The molecule has 0 aliphatic heterocycles. The number of nitrogens with zero attached hydrogens (tertiary/aromatic N) is 3. The van der Waals surface area contributed by atoms with Crippen molar-refractivity contribution in [2.45, 2.75) is 58.8 Å². The van der Waals surface area contributed by atoms with E-state index in [0.717, 1.165) is 38.0 Å². The SMILES string of the molecule is CCCCN(C)C(=O)c1cc(C)nc(NCCC2=CCCCC2)n1. The van der Waals surface area contributed by atoms with E-state index in [2.05, 4.69) is 28.3 Å². The van der Waals surface area contributed by atoms with Crippen LogP contribution in [0.3, 0.4) is 0 Å². The zero-order chi connectivity index (χ0) is 17.4. The largest absolute Gasteiger partial charge is 0.354 e. The summed E-state index contributed by atoms with van der Waals surface area (Å²) in [5.41, 5.74) is 2.81. The zero-order valence-corrected chi connectivity index (χ0v) is 15.3. The lowest BCUT2D eigenvalue weighted by Crippen LogP contribution is -2.29. The molecule has 132 valence electrons. The number of rotatable bonds is 8. The summed E-state index contributed by atoms with van der Waals surface area (Å²) < 4.78 is 0. The van der Waals surface area contributed by atoms with Crippen molar-refractivity contribution in [1.82, 2.24) is 14.9 Å². The molecule has 2 rings (SSSR count). The van der Waals surface area contributed by atoms with E-state index >= 15 is 0 Å². The number of nitrogens with one attached hydrogen (secondary N) is 1. The molecule has 5 heteroatoms. The quantitative estimate of drug-likeness (QED) is 0.733. The molecule has 1 amide bonds. The molecule has 1 aliphatic carbocycles. The number of carbonyl (C=O) groups is 1. The van der Waals surface area contributed by atoms with Crippen LogP contribution in [0.25, 0.3) is 0 Å². The summed E-state index contributed by atoms with van der Waals surface area (Å²) in [6.45, 7) is 5.60. The Bertz CT molecular complexity index is 583. The highest BCUT2D eigenvalue weighted by atomic mass is 16.2. The second-order valence-electron chi connectivity index (χ2n) is 6.58. The Morgan fingerprint density at radius 1 is 1.33 bits per heavy atom. The van der Waals surface area contributed by atoms with E-state index in [0.29, 0.717) is 11.6 Å². The molecule has 0 bridgehead atoms. The molecule has 1 aliphatic rings. The van der Waals surface area contributed by atoms with Crippen molar-refractivity contribution >= 4 is 11.9 Å². The van der Waals surface area contributed by atoms with Gasteiger partial charge in [-0.1, -0.05) is 25.0 Å². The third kappa shape index (κ3) is 5.62. The molecule has 1 N–H and O–H groups in total. The van der Waals surface area contributed by atoms with Crippen molar-refractivity contribution in [2.24, 2.45) is 0 Å². The van der Waals surface area contributed by atoms with Gasteiger partial charge in [-0.3, -0.25) is 4.79 Å². The summed E-state index contributed by atoms with van der Waals surface area (Å²) >= 11 is 0. The zero-order valence-electron chi connectivity index (χ0n) is 15.3. The number of carbonyl (C=O) groups excluding carboxylic acids is 1. The molecule has 0 unspecified atom stereocenters. The van der Waals surface area contributed by atoms with Gasteiger partial charge in [0, 0.05) is 25.8 Å². The second kappa shape index (κ2) is 9.40. The lowest BCUT2D eigenvalue weighted by Gasteiger charge is -2.17. The first-order valence-electron chi connectivity index (χ1n) is 9.13. The van der Waals surface area contributed by atoms with E-state index in [1.807, 2.05) is 14.0 Å². The summed E-state index contributed by atoms with van der Waals surface area (Å²) in [6.07, 6.45) is 10.5. The number of allylic oxidation sites excluding steroid dienone is 1. The van der Waals surface area contributed by atoms with E-state index in [4.69, 9.17) is 0 Å². The van der Waals surface area contributed by atoms with E-state index < -0.39 is 0 Å². The molecule has 1 aromatic heterocycles. The summed E-state index contributed by atoms with van der Waals surface area (Å²) in [4.78, 5) is 23.0. The molecule has 5 nitrogen and oxygen atoms in total. The Hall–Kier alpha value is -1.91. The number of hydrogen-bond acceptors (Lipinski definition) is 4. The van der Waals surface area contributed by atoms with Crippen molar-refractivity contribution in [1.29, 1.82) is 0 Å².